The molecule has 1 N–H and O–H groups in total. The zero-order valence-corrected chi connectivity index (χ0v) is 25.4. The van der Waals surface area contributed by atoms with Gasteiger partial charge in [-0.2, -0.15) is 0 Å². The minimum atomic E-state index is -2.05. The maximum absolute atomic E-state index is 12.8. The summed E-state index contributed by atoms with van der Waals surface area (Å²) >= 11 is 0. The molecule has 0 unspecified atom stereocenters. The van der Waals surface area contributed by atoms with Crippen LogP contribution in [0.15, 0.2) is 30.3 Å². The van der Waals surface area contributed by atoms with Gasteiger partial charge >= 0.3 is 0 Å². The van der Waals surface area contributed by atoms with Crippen molar-refractivity contribution >= 4 is 35.6 Å². The van der Waals surface area contributed by atoms with Gasteiger partial charge in [-0.05, 0) is 31.1 Å². The minimum Gasteiger partial charge on any atom is -0.496 e. The second-order valence-electron chi connectivity index (χ2n) is 11.3. The topological polar surface area (TPSA) is 83.5 Å². The maximum Gasteiger partial charge on any atom is 0.191 e. The molecule has 208 valence electrons. The fourth-order valence-corrected chi connectivity index (χ4v) is 5.67. The first-order valence-electron chi connectivity index (χ1n) is 12.8. The maximum atomic E-state index is 12.8. The standard InChI is InChI=1S/C30H42O7Si/c1-19(31)30(32,15-16-37-38(9,10)29(2,3)4)18-20-17-23(33-5)24-25(26(20)34-6)28(36-8)22-14-12-11-13-21(22)27(24)35-7/h11-14,17,32H,15-16,18H2,1-10H3/t30-/m1/s1. The highest BCUT2D eigenvalue weighted by Crippen LogP contribution is 2.51. The van der Waals surface area contributed by atoms with E-state index in [0.29, 0.717) is 39.3 Å². The summed E-state index contributed by atoms with van der Waals surface area (Å²) in [6, 6.07) is 9.60. The molecule has 3 aromatic carbocycles. The van der Waals surface area contributed by atoms with Crippen LogP contribution in [-0.4, -0.2) is 59.9 Å². The number of rotatable bonds is 11. The number of hydrogen-bond acceptors (Lipinski definition) is 7. The van der Waals surface area contributed by atoms with E-state index in [2.05, 4.69) is 33.9 Å². The highest BCUT2D eigenvalue weighted by molar-refractivity contribution is 6.74. The zero-order chi connectivity index (χ0) is 28.5. The Morgan fingerprint density at radius 2 is 1.39 bits per heavy atom. The first-order chi connectivity index (χ1) is 17.8. The van der Waals surface area contributed by atoms with Crippen molar-refractivity contribution in [3.8, 4) is 23.0 Å². The smallest absolute Gasteiger partial charge is 0.191 e. The Balaban J connectivity index is 2.20. The average molecular weight is 543 g/mol. The first kappa shape index (κ1) is 29.7. The van der Waals surface area contributed by atoms with Gasteiger partial charge in [-0.15, -0.1) is 0 Å². The molecule has 0 fully saturated rings. The van der Waals surface area contributed by atoms with Crippen LogP contribution in [-0.2, 0) is 15.6 Å². The number of ether oxygens (including phenoxy) is 4. The SMILES string of the molecule is COc1cc(C[C@](O)(CCO[Si](C)(C)C(C)(C)C)C(C)=O)c(OC)c2c(OC)c3ccccc3c(OC)c12. The largest absolute Gasteiger partial charge is 0.496 e. The highest BCUT2D eigenvalue weighted by atomic mass is 28.4. The Labute approximate surface area is 227 Å². The Kier molecular flexibility index (Phi) is 8.70. The molecule has 3 aromatic rings. The molecule has 8 heteroatoms. The van der Waals surface area contributed by atoms with Crippen molar-refractivity contribution in [1.29, 1.82) is 0 Å². The molecule has 0 aromatic heterocycles. The van der Waals surface area contributed by atoms with Gasteiger partial charge in [0.05, 0.1) is 39.2 Å². The molecular weight excluding hydrogens is 500 g/mol. The number of methoxy groups -OCH3 is 4. The summed E-state index contributed by atoms with van der Waals surface area (Å²) < 4.78 is 29.8. The summed E-state index contributed by atoms with van der Waals surface area (Å²) in [4.78, 5) is 12.8. The summed E-state index contributed by atoms with van der Waals surface area (Å²) in [5, 5.41) is 14.7. The lowest BCUT2D eigenvalue weighted by Crippen LogP contribution is -2.45. The molecule has 0 bridgehead atoms. The van der Waals surface area contributed by atoms with E-state index in [0.717, 1.165) is 10.8 Å². The van der Waals surface area contributed by atoms with Gasteiger partial charge in [0.1, 0.15) is 28.6 Å². The van der Waals surface area contributed by atoms with E-state index in [-0.39, 0.29) is 30.3 Å². The predicted molar refractivity (Wildman–Crippen MR) is 155 cm³/mol. The molecule has 0 spiro atoms. The normalized spacial score (nSPS) is 13.9. The van der Waals surface area contributed by atoms with Crippen LogP contribution >= 0.6 is 0 Å². The zero-order valence-electron chi connectivity index (χ0n) is 24.4. The molecule has 0 heterocycles. The Morgan fingerprint density at radius 1 is 0.868 bits per heavy atom. The number of aliphatic hydroxyl groups is 1. The van der Waals surface area contributed by atoms with Crippen LogP contribution in [0, 0.1) is 0 Å². The van der Waals surface area contributed by atoms with Gasteiger partial charge in [-0.1, -0.05) is 45.0 Å². The van der Waals surface area contributed by atoms with Gasteiger partial charge in [0.25, 0.3) is 0 Å². The number of carbonyl (C=O) groups excluding carboxylic acids is 1. The van der Waals surface area contributed by atoms with Gasteiger partial charge in [-0.3, -0.25) is 4.79 Å². The van der Waals surface area contributed by atoms with Crippen LogP contribution in [0.25, 0.3) is 21.5 Å². The molecular formula is C30H42O7Si. The van der Waals surface area contributed by atoms with Crippen molar-refractivity contribution in [2.75, 3.05) is 35.0 Å². The first-order valence-corrected chi connectivity index (χ1v) is 15.7. The molecule has 0 aliphatic carbocycles. The lowest BCUT2D eigenvalue weighted by Gasteiger charge is -2.37. The number of Topliss-reactive ketones (excluding diaryl/α,β-unsaturated/α-hetero) is 1. The van der Waals surface area contributed by atoms with E-state index in [1.165, 1.54) is 6.92 Å². The third kappa shape index (κ3) is 5.35. The molecule has 3 rings (SSSR count). The highest BCUT2D eigenvalue weighted by Gasteiger charge is 2.40. The van der Waals surface area contributed by atoms with Crippen LogP contribution in [0.2, 0.25) is 18.1 Å². The molecule has 38 heavy (non-hydrogen) atoms. The molecule has 0 aliphatic heterocycles. The molecule has 1 atom stereocenters. The van der Waals surface area contributed by atoms with E-state index < -0.39 is 13.9 Å². The van der Waals surface area contributed by atoms with Crippen LogP contribution in [0.3, 0.4) is 0 Å². The third-order valence-corrected chi connectivity index (χ3v) is 12.5. The minimum absolute atomic E-state index is 0.0225. The Morgan fingerprint density at radius 3 is 1.84 bits per heavy atom. The van der Waals surface area contributed by atoms with Crippen LogP contribution in [0.1, 0.15) is 39.7 Å². The summed E-state index contributed by atoms with van der Waals surface area (Å²) in [7, 11) is 4.32. The Hall–Kier alpha value is -2.81. The quantitative estimate of drug-likeness (QED) is 0.225. The predicted octanol–water partition coefficient (Wildman–Crippen LogP) is 6.30. The second kappa shape index (κ2) is 11.1. The van der Waals surface area contributed by atoms with E-state index >= 15 is 0 Å². The van der Waals surface area contributed by atoms with Gasteiger partial charge < -0.3 is 28.5 Å². The van der Waals surface area contributed by atoms with Crippen LogP contribution in [0.5, 0.6) is 23.0 Å². The molecule has 0 radical (unpaired) electrons. The number of ketones is 1. The van der Waals surface area contributed by atoms with Crippen molar-refractivity contribution < 1.29 is 33.3 Å². The summed E-state index contributed by atoms with van der Waals surface area (Å²) in [6.45, 7) is 12.5. The van der Waals surface area contributed by atoms with Gasteiger partial charge in [-0.25, -0.2) is 0 Å². The van der Waals surface area contributed by atoms with Gasteiger partial charge in [0, 0.05) is 35.8 Å². The summed E-state index contributed by atoms with van der Waals surface area (Å²) in [5.41, 5.74) is -1.03. The second-order valence-corrected chi connectivity index (χ2v) is 16.1. The fraction of sp³-hybridized carbons (Fsp3) is 0.500. The van der Waals surface area contributed by atoms with E-state index in [1.807, 2.05) is 24.3 Å². The molecule has 0 aliphatic rings. The van der Waals surface area contributed by atoms with E-state index in [4.69, 9.17) is 23.4 Å². The van der Waals surface area contributed by atoms with Crippen LogP contribution in [0.4, 0.5) is 0 Å². The number of hydrogen-bond donors (Lipinski definition) is 1. The molecule has 0 amide bonds. The molecule has 0 saturated carbocycles. The Bertz CT molecular complexity index is 1330. The van der Waals surface area contributed by atoms with Gasteiger partial charge in [0.2, 0.25) is 0 Å². The fourth-order valence-electron chi connectivity index (χ4n) is 4.63. The average Bonchev–Trinajstić information content (AvgIpc) is 2.85. The molecule has 0 saturated heterocycles. The van der Waals surface area contributed by atoms with E-state index in [1.54, 1.807) is 34.5 Å². The van der Waals surface area contributed by atoms with Crippen molar-refractivity contribution in [1.82, 2.24) is 0 Å². The number of benzene rings is 3. The lowest BCUT2D eigenvalue weighted by molar-refractivity contribution is -0.136. The lowest BCUT2D eigenvalue weighted by atomic mass is 9.86. The monoisotopic (exact) mass is 542 g/mol. The van der Waals surface area contributed by atoms with Crippen LogP contribution < -0.4 is 18.9 Å². The number of fused-ring (bicyclic) bond motifs is 2. The summed E-state index contributed by atoms with van der Waals surface area (Å²) in [6.07, 6.45) is 0.188. The molecule has 7 nitrogen and oxygen atoms in total. The van der Waals surface area contributed by atoms with Crippen molar-refractivity contribution in [2.24, 2.45) is 0 Å². The van der Waals surface area contributed by atoms with E-state index in [9.17, 15) is 9.90 Å². The third-order valence-electron chi connectivity index (χ3n) is 7.95. The summed E-state index contributed by atoms with van der Waals surface area (Å²) in [5.74, 6) is 1.91. The van der Waals surface area contributed by atoms with Crippen molar-refractivity contribution in [3.63, 3.8) is 0 Å². The number of carbonyl (C=O) groups is 1. The van der Waals surface area contributed by atoms with Crippen molar-refractivity contribution in [2.45, 2.75) is 64.3 Å². The van der Waals surface area contributed by atoms with Crippen molar-refractivity contribution in [3.05, 3.63) is 35.9 Å². The van der Waals surface area contributed by atoms with Gasteiger partial charge in [0.15, 0.2) is 14.1 Å².